The molecule has 1 aliphatic rings. The molecule has 1 aliphatic carbocycles. The molecule has 0 heterocycles. The van der Waals surface area contributed by atoms with Crippen molar-refractivity contribution in [3.63, 3.8) is 0 Å². The zero-order valence-electron chi connectivity index (χ0n) is 4.88. The summed E-state index contributed by atoms with van der Waals surface area (Å²) in [5.41, 5.74) is 0. The topological polar surface area (TPSA) is 40.5 Å². The van der Waals surface area contributed by atoms with Crippen molar-refractivity contribution in [2.24, 2.45) is 11.8 Å². The van der Waals surface area contributed by atoms with Crippen molar-refractivity contribution in [3.8, 4) is 0 Å². The summed E-state index contributed by atoms with van der Waals surface area (Å²) in [4.78, 5) is 0. The minimum atomic E-state index is 0.302. The maximum absolute atomic E-state index is 8.52. The van der Waals surface area contributed by atoms with E-state index in [2.05, 4.69) is 0 Å². The molecule has 2 heteroatoms. The van der Waals surface area contributed by atoms with E-state index in [1.807, 2.05) is 0 Å². The Labute approximate surface area is 49.1 Å². The molecule has 2 N–H and O–H groups in total. The van der Waals surface area contributed by atoms with Gasteiger partial charge in [0.25, 0.3) is 0 Å². The van der Waals surface area contributed by atoms with E-state index < -0.39 is 0 Å². The van der Waals surface area contributed by atoms with Gasteiger partial charge >= 0.3 is 0 Å². The number of aliphatic hydroxyl groups is 2. The lowest BCUT2D eigenvalue weighted by Gasteiger charge is -2.32. The lowest BCUT2D eigenvalue weighted by molar-refractivity contribution is 0.0653. The number of rotatable bonds is 2. The largest absolute Gasteiger partial charge is 0.396 e. The van der Waals surface area contributed by atoms with E-state index in [4.69, 9.17) is 10.2 Å². The van der Waals surface area contributed by atoms with E-state index in [1.165, 1.54) is 0 Å². The molecule has 0 bridgehead atoms. The van der Waals surface area contributed by atoms with Crippen LogP contribution >= 0.6 is 0 Å². The Morgan fingerprint density at radius 2 is 1.38 bits per heavy atom. The third-order valence-corrected chi connectivity index (χ3v) is 1.85. The monoisotopic (exact) mass is 116 g/mol. The summed E-state index contributed by atoms with van der Waals surface area (Å²) in [6, 6.07) is 0. The van der Waals surface area contributed by atoms with Crippen LogP contribution in [-0.4, -0.2) is 23.4 Å². The lowest BCUT2D eigenvalue weighted by atomic mass is 9.76. The van der Waals surface area contributed by atoms with Crippen molar-refractivity contribution in [1.82, 2.24) is 0 Å². The van der Waals surface area contributed by atoms with Crippen molar-refractivity contribution < 1.29 is 10.2 Å². The van der Waals surface area contributed by atoms with Gasteiger partial charge in [-0.25, -0.2) is 0 Å². The number of hydrogen-bond acceptors (Lipinski definition) is 2. The average molecular weight is 116 g/mol. The van der Waals surface area contributed by atoms with Crippen molar-refractivity contribution >= 4 is 0 Å². The third kappa shape index (κ3) is 1.01. The van der Waals surface area contributed by atoms with Crippen LogP contribution in [0.25, 0.3) is 0 Å². The van der Waals surface area contributed by atoms with Gasteiger partial charge in [0.05, 0.1) is 0 Å². The molecule has 0 amide bonds. The Kier molecular flexibility index (Phi) is 1.86. The summed E-state index contributed by atoms with van der Waals surface area (Å²) >= 11 is 0. The molecule has 0 unspecified atom stereocenters. The van der Waals surface area contributed by atoms with Crippen LogP contribution in [0.3, 0.4) is 0 Å². The zero-order chi connectivity index (χ0) is 5.98. The van der Waals surface area contributed by atoms with E-state index in [0.29, 0.717) is 25.0 Å². The van der Waals surface area contributed by atoms with E-state index in [9.17, 15) is 0 Å². The molecule has 0 aromatic rings. The van der Waals surface area contributed by atoms with E-state index >= 15 is 0 Å². The highest BCUT2D eigenvalue weighted by Crippen LogP contribution is 2.32. The van der Waals surface area contributed by atoms with Crippen molar-refractivity contribution in [3.05, 3.63) is 0 Å². The predicted molar refractivity (Wildman–Crippen MR) is 30.4 cm³/mol. The number of aliphatic hydroxyl groups excluding tert-OH is 2. The maximum Gasteiger partial charge on any atom is 0.0459 e. The van der Waals surface area contributed by atoms with Gasteiger partial charge in [-0.15, -0.1) is 0 Å². The fourth-order valence-electron chi connectivity index (χ4n) is 1.17. The van der Waals surface area contributed by atoms with Gasteiger partial charge in [-0.2, -0.15) is 0 Å². The summed E-state index contributed by atoms with van der Waals surface area (Å²) in [6.45, 7) is 0.604. The molecule has 2 nitrogen and oxygen atoms in total. The van der Waals surface area contributed by atoms with Crippen LogP contribution in [0.5, 0.6) is 0 Å². The second-order valence-electron chi connectivity index (χ2n) is 2.57. The van der Waals surface area contributed by atoms with Gasteiger partial charge in [-0.3, -0.25) is 0 Å². The van der Waals surface area contributed by atoms with Crippen molar-refractivity contribution in [2.75, 3.05) is 13.2 Å². The molecular weight excluding hydrogens is 104 g/mol. The van der Waals surface area contributed by atoms with Gasteiger partial charge < -0.3 is 10.2 Å². The van der Waals surface area contributed by atoms with Gasteiger partial charge in [-0.1, -0.05) is 0 Å². The molecule has 0 aromatic carbocycles. The standard InChI is InChI=1S/C6H12O2/c7-3-5-1-6(2-5)4-8/h5-8H,1-4H2/t5-,6+. The Balaban J connectivity index is 2.03. The van der Waals surface area contributed by atoms with Crippen molar-refractivity contribution in [1.29, 1.82) is 0 Å². The summed E-state index contributed by atoms with van der Waals surface area (Å²) < 4.78 is 0. The molecule has 0 atom stereocenters. The molecule has 0 saturated heterocycles. The smallest absolute Gasteiger partial charge is 0.0459 e. The van der Waals surface area contributed by atoms with Gasteiger partial charge in [0.15, 0.2) is 0 Å². The minimum absolute atomic E-state index is 0.302. The predicted octanol–water partition coefficient (Wildman–Crippen LogP) is -0.00280. The highest BCUT2D eigenvalue weighted by molar-refractivity contribution is 4.77. The number of hydrogen-bond donors (Lipinski definition) is 2. The Morgan fingerprint density at radius 1 is 1.00 bits per heavy atom. The second-order valence-corrected chi connectivity index (χ2v) is 2.57. The van der Waals surface area contributed by atoms with Gasteiger partial charge in [0, 0.05) is 13.2 Å². The van der Waals surface area contributed by atoms with E-state index in [1.54, 1.807) is 0 Å². The first-order valence-electron chi connectivity index (χ1n) is 3.08. The summed E-state index contributed by atoms with van der Waals surface area (Å²) in [6.07, 6.45) is 2.04. The van der Waals surface area contributed by atoms with Crippen LogP contribution < -0.4 is 0 Å². The first kappa shape index (κ1) is 6.05. The van der Waals surface area contributed by atoms with E-state index in [0.717, 1.165) is 12.8 Å². The molecule has 0 aromatic heterocycles. The lowest BCUT2D eigenvalue weighted by Crippen LogP contribution is -2.28. The molecule has 0 radical (unpaired) electrons. The molecule has 1 fully saturated rings. The van der Waals surface area contributed by atoms with Gasteiger partial charge in [0.1, 0.15) is 0 Å². The molecule has 1 rings (SSSR count). The van der Waals surface area contributed by atoms with Crippen LogP contribution in [0.15, 0.2) is 0 Å². The molecular formula is C6H12O2. The highest BCUT2D eigenvalue weighted by Gasteiger charge is 2.26. The summed E-state index contributed by atoms with van der Waals surface area (Å²) in [5.74, 6) is 0.985. The SMILES string of the molecule is OC[C@H]1C[C@@H](CO)C1. The Hall–Kier alpha value is -0.0800. The van der Waals surface area contributed by atoms with Crippen LogP contribution in [-0.2, 0) is 0 Å². The molecule has 1 saturated carbocycles. The molecule has 8 heavy (non-hydrogen) atoms. The fraction of sp³-hybridized carbons (Fsp3) is 1.00. The minimum Gasteiger partial charge on any atom is -0.396 e. The van der Waals surface area contributed by atoms with E-state index in [-0.39, 0.29) is 0 Å². The molecule has 48 valence electrons. The second kappa shape index (κ2) is 2.46. The van der Waals surface area contributed by atoms with Gasteiger partial charge in [-0.05, 0) is 24.7 Å². The Morgan fingerprint density at radius 3 is 1.62 bits per heavy atom. The average Bonchev–Trinajstić information content (AvgIpc) is 1.65. The van der Waals surface area contributed by atoms with Crippen LogP contribution in [0, 0.1) is 11.8 Å². The highest BCUT2D eigenvalue weighted by atomic mass is 16.3. The van der Waals surface area contributed by atoms with Crippen LogP contribution in [0.1, 0.15) is 12.8 Å². The Bertz CT molecular complexity index is 58.9. The molecule has 0 spiro atoms. The summed E-state index contributed by atoms with van der Waals surface area (Å²) in [5, 5.41) is 17.0. The quantitative estimate of drug-likeness (QED) is 0.533. The summed E-state index contributed by atoms with van der Waals surface area (Å²) in [7, 11) is 0. The first-order chi connectivity index (χ1) is 3.86. The van der Waals surface area contributed by atoms with Crippen molar-refractivity contribution in [2.45, 2.75) is 12.8 Å². The van der Waals surface area contributed by atoms with Gasteiger partial charge in [0.2, 0.25) is 0 Å². The molecule has 0 aliphatic heterocycles. The van der Waals surface area contributed by atoms with Crippen LogP contribution in [0.2, 0.25) is 0 Å². The third-order valence-electron chi connectivity index (χ3n) is 1.85. The zero-order valence-corrected chi connectivity index (χ0v) is 4.88. The first-order valence-corrected chi connectivity index (χ1v) is 3.08. The van der Waals surface area contributed by atoms with Crippen LogP contribution in [0.4, 0.5) is 0 Å². The normalized spacial score (nSPS) is 36.8. The maximum atomic E-state index is 8.52. The fourth-order valence-corrected chi connectivity index (χ4v) is 1.17.